The Kier molecular flexibility index (Phi) is 3.13. The van der Waals surface area contributed by atoms with Crippen LogP contribution in [0.5, 0.6) is 0 Å². The fourth-order valence-corrected chi connectivity index (χ4v) is 2.78. The van der Waals surface area contributed by atoms with E-state index < -0.39 is 0 Å². The Balaban J connectivity index is 2.25. The van der Waals surface area contributed by atoms with Crippen molar-refractivity contribution in [2.24, 2.45) is 0 Å². The number of nitrogens with zero attached hydrogens (tertiary/aromatic N) is 1. The second kappa shape index (κ2) is 4.27. The third kappa shape index (κ3) is 2.50. The average molecular weight is 239 g/mol. The summed E-state index contributed by atoms with van der Waals surface area (Å²) in [5.41, 5.74) is 1.28. The highest BCUT2D eigenvalue weighted by Crippen LogP contribution is 2.28. The minimum Gasteiger partial charge on any atom is -0.367 e. The van der Waals surface area contributed by atoms with Crippen molar-refractivity contribution in [2.75, 3.05) is 18.0 Å². The SMILES string of the molecule is CC1CN(c2ccccc2Cl)CC(C)(C)N1. The molecule has 1 aromatic carbocycles. The smallest absolute Gasteiger partial charge is 0.0639 e. The zero-order valence-corrected chi connectivity index (χ0v) is 10.9. The van der Waals surface area contributed by atoms with Gasteiger partial charge in [0, 0.05) is 24.7 Å². The zero-order chi connectivity index (χ0) is 11.8. The van der Waals surface area contributed by atoms with Gasteiger partial charge in [-0.05, 0) is 32.9 Å². The van der Waals surface area contributed by atoms with Gasteiger partial charge in [-0.2, -0.15) is 0 Å². The van der Waals surface area contributed by atoms with E-state index in [-0.39, 0.29) is 5.54 Å². The normalized spacial score (nSPS) is 24.5. The minimum atomic E-state index is 0.136. The molecule has 0 aromatic heterocycles. The number of halogens is 1. The maximum Gasteiger partial charge on any atom is 0.0639 e. The lowest BCUT2D eigenvalue weighted by molar-refractivity contribution is 0.301. The molecule has 1 saturated heterocycles. The molecule has 1 aromatic rings. The van der Waals surface area contributed by atoms with Crippen molar-refractivity contribution in [1.82, 2.24) is 5.32 Å². The van der Waals surface area contributed by atoms with Crippen molar-refractivity contribution in [3.8, 4) is 0 Å². The van der Waals surface area contributed by atoms with E-state index in [4.69, 9.17) is 11.6 Å². The quantitative estimate of drug-likeness (QED) is 0.810. The van der Waals surface area contributed by atoms with E-state index in [0.29, 0.717) is 6.04 Å². The predicted octanol–water partition coefficient (Wildman–Crippen LogP) is 2.92. The van der Waals surface area contributed by atoms with E-state index in [1.54, 1.807) is 0 Å². The molecule has 2 rings (SSSR count). The van der Waals surface area contributed by atoms with Gasteiger partial charge in [-0.3, -0.25) is 0 Å². The maximum atomic E-state index is 6.24. The Hall–Kier alpha value is -0.730. The van der Waals surface area contributed by atoms with Crippen LogP contribution in [0.1, 0.15) is 20.8 Å². The summed E-state index contributed by atoms with van der Waals surface area (Å²) in [5.74, 6) is 0. The molecule has 1 N–H and O–H groups in total. The molecule has 1 atom stereocenters. The fourth-order valence-electron chi connectivity index (χ4n) is 2.52. The van der Waals surface area contributed by atoms with Gasteiger partial charge in [-0.25, -0.2) is 0 Å². The lowest BCUT2D eigenvalue weighted by Gasteiger charge is -2.44. The third-order valence-corrected chi connectivity index (χ3v) is 3.23. The number of nitrogens with one attached hydrogen (secondary N) is 1. The molecular weight excluding hydrogens is 220 g/mol. The number of piperazine rings is 1. The second-order valence-electron chi connectivity index (χ2n) is 5.26. The van der Waals surface area contributed by atoms with Gasteiger partial charge in [0.25, 0.3) is 0 Å². The Bertz CT molecular complexity index is 376. The summed E-state index contributed by atoms with van der Waals surface area (Å²) in [6, 6.07) is 8.55. The highest BCUT2D eigenvalue weighted by molar-refractivity contribution is 6.33. The molecule has 0 bridgehead atoms. The van der Waals surface area contributed by atoms with Crippen LogP contribution in [-0.4, -0.2) is 24.7 Å². The molecule has 2 nitrogen and oxygen atoms in total. The predicted molar refractivity (Wildman–Crippen MR) is 70.3 cm³/mol. The van der Waals surface area contributed by atoms with Gasteiger partial charge in [0.1, 0.15) is 0 Å². The summed E-state index contributed by atoms with van der Waals surface area (Å²) in [4.78, 5) is 2.36. The van der Waals surface area contributed by atoms with Crippen LogP contribution < -0.4 is 10.2 Å². The Morgan fingerprint density at radius 2 is 2.06 bits per heavy atom. The van der Waals surface area contributed by atoms with Crippen molar-refractivity contribution in [3.05, 3.63) is 29.3 Å². The standard InChI is InChI=1S/C13H19ClN2/c1-10-8-16(9-13(2,3)15-10)12-7-5-4-6-11(12)14/h4-7,10,15H,8-9H2,1-3H3. The molecule has 0 amide bonds. The largest absolute Gasteiger partial charge is 0.367 e. The number of anilines is 1. The molecule has 0 aliphatic carbocycles. The molecule has 88 valence electrons. The Morgan fingerprint density at radius 3 is 2.69 bits per heavy atom. The fraction of sp³-hybridized carbons (Fsp3) is 0.538. The molecular formula is C13H19ClN2. The van der Waals surface area contributed by atoms with E-state index in [2.05, 4.69) is 37.1 Å². The molecule has 0 saturated carbocycles. The van der Waals surface area contributed by atoms with Crippen LogP contribution in [0.15, 0.2) is 24.3 Å². The average Bonchev–Trinajstić information content (AvgIpc) is 2.15. The van der Waals surface area contributed by atoms with Crippen LogP contribution in [0.3, 0.4) is 0 Å². The second-order valence-corrected chi connectivity index (χ2v) is 5.67. The first-order valence-corrected chi connectivity index (χ1v) is 6.13. The van der Waals surface area contributed by atoms with Gasteiger partial charge in [-0.1, -0.05) is 23.7 Å². The molecule has 1 unspecified atom stereocenters. The van der Waals surface area contributed by atoms with E-state index >= 15 is 0 Å². The van der Waals surface area contributed by atoms with Crippen molar-refractivity contribution >= 4 is 17.3 Å². The molecule has 1 fully saturated rings. The first kappa shape index (κ1) is 11.7. The van der Waals surface area contributed by atoms with Crippen LogP contribution in [0.2, 0.25) is 5.02 Å². The van der Waals surface area contributed by atoms with Gasteiger partial charge in [-0.15, -0.1) is 0 Å². The van der Waals surface area contributed by atoms with Crippen LogP contribution in [0.4, 0.5) is 5.69 Å². The van der Waals surface area contributed by atoms with Crippen molar-refractivity contribution in [2.45, 2.75) is 32.4 Å². The number of rotatable bonds is 1. The topological polar surface area (TPSA) is 15.3 Å². The lowest BCUT2D eigenvalue weighted by atomic mass is 9.98. The number of benzene rings is 1. The van der Waals surface area contributed by atoms with Gasteiger partial charge in [0.2, 0.25) is 0 Å². The van der Waals surface area contributed by atoms with Crippen molar-refractivity contribution in [1.29, 1.82) is 0 Å². The molecule has 16 heavy (non-hydrogen) atoms. The van der Waals surface area contributed by atoms with E-state index in [9.17, 15) is 0 Å². The summed E-state index contributed by atoms with van der Waals surface area (Å²) in [6.07, 6.45) is 0. The Morgan fingerprint density at radius 1 is 1.38 bits per heavy atom. The van der Waals surface area contributed by atoms with E-state index in [0.717, 1.165) is 23.8 Å². The summed E-state index contributed by atoms with van der Waals surface area (Å²) in [5, 5.41) is 4.43. The molecule has 0 spiro atoms. The van der Waals surface area contributed by atoms with Gasteiger partial charge in [0.15, 0.2) is 0 Å². The molecule has 1 aliphatic rings. The first-order valence-electron chi connectivity index (χ1n) is 5.75. The summed E-state index contributed by atoms with van der Waals surface area (Å²) >= 11 is 6.24. The van der Waals surface area contributed by atoms with Gasteiger partial charge in [0.05, 0.1) is 10.7 Å². The summed E-state index contributed by atoms with van der Waals surface area (Å²) in [7, 11) is 0. The molecule has 1 heterocycles. The van der Waals surface area contributed by atoms with Crippen LogP contribution >= 0.6 is 11.6 Å². The van der Waals surface area contributed by atoms with Crippen LogP contribution in [-0.2, 0) is 0 Å². The van der Waals surface area contributed by atoms with Crippen LogP contribution in [0, 0.1) is 0 Å². The van der Waals surface area contributed by atoms with Crippen molar-refractivity contribution < 1.29 is 0 Å². The highest BCUT2D eigenvalue weighted by Gasteiger charge is 2.30. The monoisotopic (exact) mass is 238 g/mol. The summed E-state index contributed by atoms with van der Waals surface area (Å²) < 4.78 is 0. The number of para-hydroxylation sites is 1. The molecule has 1 aliphatic heterocycles. The number of hydrogen-bond donors (Lipinski definition) is 1. The zero-order valence-electron chi connectivity index (χ0n) is 10.1. The van der Waals surface area contributed by atoms with E-state index in [1.165, 1.54) is 0 Å². The molecule has 3 heteroatoms. The van der Waals surface area contributed by atoms with Crippen LogP contribution in [0.25, 0.3) is 0 Å². The summed E-state index contributed by atoms with van der Waals surface area (Å²) in [6.45, 7) is 8.66. The minimum absolute atomic E-state index is 0.136. The third-order valence-electron chi connectivity index (χ3n) is 2.91. The van der Waals surface area contributed by atoms with Crippen molar-refractivity contribution in [3.63, 3.8) is 0 Å². The number of hydrogen-bond acceptors (Lipinski definition) is 2. The molecule has 0 radical (unpaired) electrons. The van der Waals surface area contributed by atoms with Gasteiger partial charge >= 0.3 is 0 Å². The first-order chi connectivity index (χ1) is 7.48. The Labute approximate surface area is 103 Å². The van der Waals surface area contributed by atoms with Gasteiger partial charge < -0.3 is 10.2 Å². The highest BCUT2D eigenvalue weighted by atomic mass is 35.5. The van der Waals surface area contributed by atoms with E-state index in [1.807, 2.05) is 18.2 Å². The maximum absolute atomic E-state index is 6.24. The lowest BCUT2D eigenvalue weighted by Crippen LogP contribution is -2.61.